The molecule has 0 saturated carbocycles. The molecule has 1 heterocycles. The normalized spacial score (nSPS) is 10.7. The molecule has 0 spiro atoms. The first-order valence-corrected chi connectivity index (χ1v) is 6.31. The minimum Gasteiger partial charge on any atom is -0.396 e. The maximum Gasteiger partial charge on any atom is 0.147 e. The third kappa shape index (κ3) is 3.00. The smallest absolute Gasteiger partial charge is 0.147 e. The zero-order valence-corrected chi connectivity index (χ0v) is 10.4. The maximum absolute atomic E-state index is 13.2. The van der Waals surface area contributed by atoms with Gasteiger partial charge in [0.15, 0.2) is 0 Å². The fourth-order valence-corrected chi connectivity index (χ4v) is 2.37. The lowest BCUT2D eigenvalue weighted by atomic mass is 10.3. The first-order valence-electron chi connectivity index (χ1n) is 5.32. The third-order valence-corrected chi connectivity index (χ3v) is 3.47. The molecule has 2 N–H and O–H groups in total. The first kappa shape index (κ1) is 12.0. The molecule has 17 heavy (non-hydrogen) atoms. The number of nitrogen functional groups attached to an aromatic ring is 1. The van der Waals surface area contributed by atoms with E-state index in [1.807, 2.05) is 19.2 Å². The van der Waals surface area contributed by atoms with Gasteiger partial charge in [0.25, 0.3) is 0 Å². The Balaban J connectivity index is 1.90. The van der Waals surface area contributed by atoms with Crippen LogP contribution in [0.1, 0.15) is 5.82 Å². The van der Waals surface area contributed by atoms with Gasteiger partial charge in [-0.15, -0.1) is 11.8 Å². The summed E-state index contributed by atoms with van der Waals surface area (Å²) in [6.07, 6.45) is 3.72. The predicted octanol–water partition coefficient (Wildman–Crippen LogP) is 2.71. The van der Waals surface area contributed by atoms with Crippen LogP contribution in [0, 0.1) is 12.7 Å². The van der Waals surface area contributed by atoms with Gasteiger partial charge in [-0.1, -0.05) is 0 Å². The van der Waals surface area contributed by atoms with E-state index in [9.17, 15) is 4.39 Å². The Kier molecular flexibility index (Phi) is 3.68. The van der Waals surface area contributed by atoms with Gasteiger partial charge >= 0.3 is 0 Å². The number of imidazole rings is 1. The Labute approximate surface area is 104 Å². The standard InChI is InChI=1S/C12H14FN3S/c1-9-15-4-5-16(9)6-7-17-10-2-3-12(14)11(13)8-10/h2-5,8H,6-7,14H2,1H3. The van der Waals surface area contributed by atoms with Crippen molar-refractivity contribution < 1.29 is 4.39 Å². The fourth-order valence-electron chi connectivity index (χ4n) is 1.50. The number of aryl methyl sites for hydroxylation is 2. The van der Waals surface area contributed by atoms with Gasteiger partial charge in [0.05, 0.1) is 5.69 Å². The van der Waals surface area contributed by atoms with Gasteiger partial charge in [-0.2, -0.15) is 0 Å². The van der Waals surface area contributed by atoms with E-state index in [0.29, 0.717) is 0 Å². The second-order valence-corrected chi connectivity index (χ2v) is 4.87. The minimum atomic E-state index is -0.353. The third-order valence-electron chi connectivity index (χ3n) is 2.50. The van der Waals surface area contributed by atoms with Crippen molar-refractivity contribution in [3.8, 4) is 0 Å². The van der Waals surface area contributed by atoms with Crippen molar-refractivity contribution in [2.75, 3.05) is 11.5 Å². The Morgan fingerprint density at radius 3 is 2.94 bits per heavy atom. The van der Waals surface area contributed by atoms with Crippen molar-refractivity contribution in [1.29, 1.82) is 0 Å². The summed E-state index contributed by atoms with van der Waals surface area (Å²) in [5.41, 5.74) is 5.61. The van der Waals surface area contributed by atoms with Crippen LogP contribution < -0.4 is 5.73 Å². The monoisotopic (exact) mass is 251 g/mol. The summed E-state index contributed by atoms with van der Waals surface area (Å²) in [5, 5.41) is 0. The molecular weight excluding hydrogens is 237 g/mol. The zero-order chi connectivity index (χ0) is 12.3. The van der Waals surface area contributed by atoms with E-state index >= 15 is 0 Å². The van der Waals surface area contributed by atoms with Crippen molar-refractivity contribution in [3.63, 3.8) is 0 Å². The Morgan fingerprint density at radius 1 is 1.47 bits per heavy atom. The lowest BCUT2D eigenvalue weighted by Crippen LogP contribution is -2.01. The van der Waals surface area contributed by atoms with Crippen LogP contribution in [0.4, 0.5) is 10.1 Å². The average Bonchev–Trinajstić information content (AvgIpc) is 2.70. The van der Waals surface area contributed by atoms with Crippen molar-refractivity contribution >= 4 is 17.4 Å². The van der Waals surface area contributed by atoms with Gasteiger partial charge in [-0.3, -0.25) is 0 Å². The molecule has 2 rings (SSSR count). The van der Waals surface area contributed by atoms with Gasteiger partial charge in [-0.05, 0) is 25.1 Å². The van der Waals surface area contributed by atoms with Crippen molar-refractivity contribution in [1.82, 2.24) is 9.55 Å². The number of anilines is 1. The summed E-state index contributed by atoms with van der Waals surface area (Å²) in [6, 6.07) is 4.91. The van der Waals surface area contributed by atoms with E-state index in [-0.39, 0.29) is 11.5 Å². The number of thioether (sulfide) groups is 1. The summed E-state index contributed by atoms with van der Waals surface area (Å²) in [7, 11) is 0. The first-order chi connectivity index (χ1) is 8.16. The summed E-state index contributed by atoms with van der Waals surface area (Å²) in [6.45, 7) is 2.83. The molecule has 5 heteroatoms. The largest absolute Gasteiger partial charge is 0.396 e. The fraction of sp³-hybridized carbons (Fsp3) is 0.250. The molecule has 0 saturated heterocycles. The number of hydrogen-bond acceptors (Lipinski definition) is 3. The molecule has 1 aromatic heterocycles. The second-order valence-electron chi connectivity index (χ2n) is 3.70. The number of aromatic nitrogens is 2. The number of benzene rings is 1. The Morgan fingerprint density at radius 2 is 2.29 bits per heavy atom. The van der Waals surface area contributed by atoms with Crippen LogP contribution in [0.25, 0.3) is 0 Å². The van der Waals surface area contributed by atoms with Crippen LogP contribution in [0.15, 0.2) is 35.5 Å². The molecule has 0 aliphatic heterocycles. The van der Waals surface area contributed by atoms with E-state index in [1.54, 1.807) is 24.0 Å². The molecule has 0 aliphatic rings. The number of halogens is 1. The Bertz CT molecular complexity index is 510. The molecule has 1 aromatic carbocycles. The molecule has 0 radical (unpaired) electrons. The van der Waals surface area contributed by atoms with E-state index in [1.165, 1.54) is 6.07 Å². The van der Waals surface area contributed by atoms with E-state index < -0.39 is 0 Å². The van der Waals surface area contributed by atoms with Crippen LogP contribution in [0.3, 0.4) is 0 Å². The SMILES string of the molecule is Cc1nccn1CCSc1ccc(N)c(F)c1. The average molecular weight is 251 g/mol. The second kappa shape index (κ2) is 5.23. The summed E-state index contributed by atoms with van der Waals surface area (Å²) >= 11 is 1.61. The molecule has 0 fully saturated rings. The predicted molar refractivity (Wildman–Crippen MR) is 68.5 cm³/mol. The highest BCUT2D eigenvalue weighted by Gasteiger charge is 2.01. The molecule has 0 aliphatic carbocycles. The van der Waals surface area contributed by atoms with Crippen molar-refractivity contribution in [3.05, 3.63) is 42.2 Å². The number of rotatable bonds is 4. The molecule has 0 amide bonds. The lowest BCUT2D eigenvalue weighted by molar-refractivity contribution is 0.629. The summed E-state index contributed by atoms with van der Waals surface area (Å²) in [5.74, 6) is 1.52. The zero-order valence-electron chi connectivity index (χ0n) is 9.56. The molecule has 2 aromatic rings. The quantitative estimate of drug-likeness (QED) is 0.671. The molecular formula is C12H14FN3S. The van der Waals surface area contributed by atoms with Gasteiger partial charge in [0.2, 0.25) is 0 Å². The van der Waals surface area contributed by atoms with Gasteiger partial charge in [-0.25, -0.2) is 9.37 Å². The van der Waals surface area contributed by atoms with Gasteiger partial charge < -0.3 is 10.3 Å². The van der Waals surface area contributed by atoms with Crippen molar-refractivity contribution in [2.24, 2.45) is 0 Å². The van der Waals surface area contributed by atoms with Crippen LogP contribution in [0.5, 0.6) is 0 Å². The van der Waals surface area contributed by atoms with Crippen molar-refractivity contribution in [2.45, 2.75) is 18.4 Å². The molecule has 0 bridgehead atoms. The summed E-state index contributed by atoms with van der Waals surface area (Å²) < 4.78 is 15.3. The van der Waals surface area contributed by atoms with Crippen LogP contribution in [-0.4, -0.2) is 15.3 Å². The maximum atomic E-state index is 13.2. The Hall–Kier alpha value is -1.49. The number of nitrogens with two attached hydrogens (primary N) is 1. The van der Waals surface area contributed by atoms with Gasteiger partial charge in [0.1, 0.15) is 11.6 Å². The summed E-state index contributed by atoms with van der Waals surface area (Å²) in [4.78, 5) is 5.04. The molecule has 3 nitrogen and oxygen atoms in total. The molecule has 90 valence electrons. The van der Waals surface area contributed by atoms with Crippen LogP contribution in [-0.2, 0) is 6.54 Å². The molecule has 0 atom stereocenters. The molecule has 0 unspecified atom stereocenters. The van der Waals surface area contributed by atoms with Crippen LogP contribution in [0.2, 0.25) is 0 Å². The lowest BCUT2D eigenvalue weighted by Gasteiger charge is -2.05. The number of hydrogen-bond donors (Lipinski definition) is 1. The minimum absolute atomic E-state index is 0.194. The number of nitrogens with zero attached hydrogens (tertiary/aromatic N) is 2. The topological polar surface area (TPSA) is 43.8 Å². The van der Waals surface area contributed by atoms with E-state index in [4.69, 9.17) is 5.73 Å². The highest BCUT2D eigenvalue weighted by atomic mass is 32.2. The van der Waals surface area contributed by atoms with E-state index in [2.05, 4.69) is 9.55 Å². The highest BCUT2D eigenvalue weighted by Crippen LogP contribution is 2.22. The van der Waals surface area contributed by atoms with E-state index in [0.717, 1.165) is 23.0 Å². The van der Waals surface area contributed by atoms with Gasteiger partial charge in [0, 0.05) is 29.6 Å². The van der Waals surface area contributed by atoms with Crippen LogP contribution >= 0.6 is 11.8 Å². The highest BCUT2D eigenvalue weighted by molar-refractivity contribution is 7.99.